The molecule has 3 aliphatic rings. The summed E-state index contributed by atoms with van der Waals surface area (Å²) in [6.07, 6.45) is -2.31. The zero-order valence-corrected chi connectivity index (χ0v) is 13.9. The summed E-state index contributed by atoms with van der Waals surface area (Å²) in [7, 11) is -3.83. The van der Waals surface area contributed by atoms with E-state index in [4.69, 9.17) is 11.0 Å². The summed E-state index contributed by atoms with van der Waals surface area (Å²) in [6, 6.07) is 4.50. The van der Waals surface area contributed by atoms with Gasteiger partial charge in [0.25, 0.3) is 0 Å². The fraction of sp³-hybridized carbons (Fsp3) is 0.562. The van der Waals surface area contributed by atoms with Crippen LogP contribution in [0, 0.1) is 23.2 Å². The number of halogens is 3. The van der Waals surface area contributed by atoms with Gasteiger partial charge in [-0.2, -0.15) is 18.4 Å². The molecular formula is C16H16F3N3O2S. The molecule has 4 rings (SSSR count). The van der Waals surface area contributed by atoms with E-state index in [9.17, 15) is 21.6 Å². The highest BCUT2D eigenvalue weighted by molar-refractivity contribution is 7.93. The highest BCUT2D eigenvalue weighted by Crippen LogP contribution is 2.57. The largest absolute Gasteiger partial charge is 0.417 e. The van der Waals surface area contributed by atoms with E-state index in [1.807, 2.05) is 0 Å². The van der Waals surface area contributed by atoms with Gasteiger partial charge in [0, 0.05) is 0 Å². The van der Waals surface area contributed by atoms with Crippen LogP contribution in [0.1, 0.15) is 30.4 Å². The number of rotatable bonds is 1. The molecule has 0 amide bonds. The van der Waals surface area contributed by atoms with E-state index in [1.165, 1.54) is 12.1 Å². The number of hydrogen-bond donors (Lipinski definition) is 1. The molecule has 1 heterocycles. The Kier molecular flexibility index (Phi) is 3.26. The lowest BCUT2D eigenvalue weighted by Crippen LogP contribution is -2.55. The molecule has 1 aromatic carbocycles. The van der Waals surface area contributed by atoms with Gasteiger partial charge in [-0.25, -0.2) is 8.42 Å². The number of sulfonamides is 1. The monoisotopic (exact) mass is 371 g/mol. The predicted octanol–water partition coefficient (Wildman–Crippen LogP) is 2.22. The Bertz CT molecular complexity index is 893. The minimum absolute atomic E-state index is 0.00956. The molecular weight excluding hydrogens is 355 g/mol. The second-order valence-electron chi connectivity index (χ2n) is 7.19. The first-order valence-corrected chi connectivity index (χ1v) is 9.51. The number of alkyl halides is 3. The van der Waals surface area contributed by atoms with Crippen LogP contribution in [0.5, 0.6) is 0 Å². The summed E-state index contributed by atoms with van der Waals surface area (Å²) in [5.74, 6) is 0.0632. The van der Waals surface area contributed by atoms with Gasteiger partial charge >= 0.3 is 6.18 Å². The highest BCUT2D eigenvalue weighted by atomic mass is 32.2. The number of nitriles is 1. The zero-order valence-electron chi connectivity index (χ0n) is 13.1. The second-order valence-corrected chi connectivity index (χ2v) is 9.17. The number of benzene rings is 1. The zero-order chi connectivity index (χ0) is 18.2. The van der Waals surface area contributed by atoms with Gasteiger partial charge in [0.05, 0.1) is 35.0 Å². The molecule has 0 spiro atoms. The fourth-order valence-electron chi connectivity index (χ4n) is 4.92. The van der Waals surface area contributed by atoms with Crippen molar-refractivity contribution in [1.29, 1.82) is 5.26 Å². The maximum Gasteiger partial charge on any atom is 0.417 e. The molecule has 2 aliphatic carbocycles. The first-order chi connectivity index (χ1) is 11.6. The molecule has 0 unspecified atom stereocenters. The lowest BCUT2D eigenvalue weighted by Gasteiger charge is -2.32. The van der Waals surface area contributed by atoms with Gasteiger partial charge in [0.15, 0.2) is 0 Å². The quantitative estimate of drug-likeness (QED) is 0.820. The Balaban J connectivity index is 1.81. The van der Waals surface area contributed by atoms with Gasteiger partial charge in [-0.15, -0.1) is 0 Å². The predicted molar refractivity (Wildman–Crippen MR) is 84.0 cm³/mol. The number of nitrogens with zero attached hydrogens (tertiary/aromatic N) is 2. The van der Waals surface area contributed by atoms with Crippen molar-refractivity contribution in [2.24, 2.45) is 17.6 Å². The minimum Gasteiger partial charge on any atom is -0.322 e. The molecule has 134 valence electrons. The molecule has 1 aliphatic heterocycles. The Morgan fingerprint density at radius 2 is 2.04 bits per heavy atom. The molecule has 0 radical (unpaired) electrons. The van der Waals surface area contributed by atoms with Gasteiger partial charge in [0.2, 0.25) is 10.0 Å². The van der Waals surface area contributed by atoms with Crippen LogP contribution in [-0.4, -0.2) is 25.8 Å². The Morgan fingerprint density at radius 1 is 1.32 bits per heavy atom. The number of anilines is 1. The third-order valence-electron chi connectivity index (χ3n) is 5.95. The van der Waals surface area contributed by atoms with Crippen LogP contribution in [-0.2, 0) is 16.2 Å². The minimum atomic E-state index is -4.74. The molecule has 2 bridgehead atoms. The average Bonchev–Trinajstić information content (AvgIpc) is 3.16. The van der Waals surface area contributed by atoms with Crippen LogP contribution in [0.4, 0.5) is 18.9 Å². The maximum absolute atomic E-state index is 13.2. The van der Waals surface area contributed by atoms with Crippen molar-refractivity contribution in [2.75, 3.05) is 10.8 Å². The van der Waals surface area contributed by atoms with Crippen LogP contribution in [0.25, 0.3) is 0 Å². The van der Waals surface area contributed by atoms with Crippen LogP contribution in [0.15, 0.2) is 18.2 Å². The number of nitrogens with two attached hydrogens (primary N) is 1. The summed E-state index contributed by atoms with van der Waals surface area (Å²) < 4.78 is 66.6. The van der Waals surface area contributed by atoms with Crippen molar-refractivity contribution < 1.29 is 21.6 Å². The van der Waals surface area contributed by atoms with Gasteiger partial charge in [-0.05, 0) is 49.3 Å². The molecule has 5 nitrogen and oxygen atoms in total. The molecule has 25 heavy (non-hydrogen) atoms. The van der Waals surface area contributed by atoms with E-state index in [2.05, 4.69) is 0 Å². The van der Waals surface area contributed by atoms with Crippen molar-refractivity contribution in [1.82, 2.24) is 0 Å². The van der Waals surface area contributed by atoms with Crippen LogP contribution < -0.4 is 10.0 Å². The normalized spacial score (nSPS) is 35.6. The van der Waals surface area contributed by atoms with E-state index in [-0.39, 0.29) is 24.1 Å². The Hall–Kier alpha value is -1.79. The van der Waals surface area contributed by atoms with E-state index in [0.29, 0.717) is 0 Å². The Morgan fingerprint density at radius 3 is 2.64 bits per heavy atom. The third kappa shape index (κ3) is 2.13. The highest BCUT2D eigenvalue weighted by Gasteiger charge is 2.67. The molecule has 1 saturated heterocycles. The lowest BCUT2D eigenvalue weighted by molar-refractivity contribution is -0.137. The summed E-state index contributed by atoms with van der Waals surface area (Å²) in [5, 5.41) is 8.16. The molecule has 9 heteroatoms. The lowest BCUT2D eigenvalue weighted by atomic mass is 9.81. The first kappa shape index (κ1) is 16.7. The van der Waals surface area contributed by atoms with Crippen molar-refractivity contribution in [2.45, 2.75) is 36.2 Å². The molecule has 3 fully saturated rings. The Labute approximate surface area is 143 Å². The summed E-state index contributed by atoms with van der Waals surface area (Å²) in [4.78, 5) is 0. The van der Waals surface area contributed by atoms with Crippen molar-refractivity contribution >= 4 is 15.7 Å². The second kappa shape index (κ2) is 4.89. The molecule has 1 aromatic rings. The average molecular weight is 371 g/mol. The van der Waals surface area contributed by atoms with Crippen LogP contribution >= 0.6 is 0 Å². The fourth-order valence-corrected chi connectivity index (χ4v) is 7.56. The SMILES string of the molecule is N#Cc1ccc(N2C[C@@]3(N)[C@H]4CC[C@H](C4)[C@H]3S2(=O)=O)cc1C(F)(F)F. The van der Waals surface area contributed by atoms with Crippen molar-refractivity contribution in [3.8, 4) is 6.07 Å². The summed E-state index contributed by atoms with van der Waals surface area (Å²) in [6.45, 7) is -0.00956. The van der Waals surface area contributed by atoms with Gasteiger partial charge in [0.1, 0.15) is 5.25 Å². The number of fused-ring (bicyclic) bond motifs is 5. The molecule has 0 aromatic heterocycles. The van der Waals surface area contributed by atoms with Crippen LogP contribution in [0.2, 0.25) is 0 Å². The van der Waals surface area contributed by atoms with E-state index in [0.717, 1.165) is 35.7 Å². The maximum atomic E-state index is 13.2. The van der Waals surface area contributed by atoms with Gasteiger partial charge in [-0.1, -0.05) is 0 Å². The summed E-state index contributed by atoms with van der Waals surface area (Å²) in [5.41, 5.74) is 3.79. The third-order valence-corrected chi connectivity index (χ3v) is 8.37. The van der Waals surface area contributed by atoms with Gasteiger partial charge < -0.3 is 5.73 Å². The van der Waals surface area contributed by atoms with Crippen molar-refractivity contribution in [3.05, 3.63) is 29.3 Å². The molecule has 4 atom stereocenters. The van der Waals surface area contributed by atoms with E-state index >= 15 is 0 Å². The van der Waals surface area contributed by atoms with Crippen LogP contribution in [0.3, 0.4) is 0 Å². The van der Waals surface area contributed by atoms with E-state index < -0.39 is 38.1 Å². The van der Waals surface area contributed by atoms with Gasteiger partial charge in [-0.3, -0.25) is 4.31 Å². The summed E-state index contributed by atoms with van der Waals surface area (Å²) >= 11 is 0. The van der Waals surface area contributed by atoms with Crippen molar-refractivity contribution in [3.63, 3.8) is 0 Å². The topological polar surface area (TPSA) is 87.2 Å². The molecule has 2 saturated carbocycles. The number of hydrogen-bond acceptors (Lipinski definition) is 4. The molecule has 2 N–H and O–H groups in total. The van der Waals surface area contributed by atoms with E-state index in [1.54, 1.807) is 0 Å². The smallest absolute Gasteiger partial charge is 0.322 e. The first-order valence-electron chi connectivity index (χ1n) is 8.01. The standard InChI is InChI=1S/C16H16F3N3O2S/c17-16(18,19)13-6-12(4-2-10(13)7-20)22-8-15(21)11-3-1-9(5-11)14(15)25(22,23)24/h2,4,6,9,11,14H,1,3,5,8,21H2/t9-,11+,14-,15-/m1/s1.